The number of sulfonamides is 1. The van der Waals surface area contributed by atoms with Crippen LogP contribution < -0.4 is 10.0 Å². The number of furan rings is 1. The van der Waals surface area contributed by atoms with E-state index >= 15 is 0 Å². The number of nitrogens with zero attached hydrogens (tertiary/aromatic N) is 1. The molecular weight excluding hydrogens is 410 g/mol. The molecule has 0 radical (unpaired) electrons. The Bertz CT molecular complexity index is 1010. The van der Waals surface area contributed by atoms with Crippen LogP contribution in [0.1, 0.15) is 43.8 Å². The summed E-state index contributed by atoms with van der Waals surface area (Å²) in [6, 6.07) is 9.47. The Kier molecular flexibility index (Phi) is 7.27. The molecule has 1 heterocycles. The largest absolute Gasteiger partial charge is 0.444 e. The first-order valence-electron chi connectivity index (χ1n) is 9.37. The molecule has 2 rings (SSSR count). The molecule has 1 aromatic carbocycles. The molecule has 0 bridgehead atoms. The molecule has 2 amide bonds. The molecule has 0 aliphatic heterocycles. The first-order valence-corrected chi connectivity index (χ1v) is 10.9. The number of carbonyl (C=O) groups is 2. The van der Waals surface area contributed by atoms with Crippen LogP contribution in [0.25, 0.3) is 0 Å². The quantitative estimate of drug-likeness (QED) is 0.687. The van der Waals surface area contributed by atoms with E-state index in [9.17, 15) is 18.0 Å². The zero-order valence-electron chi connectivity index (χ0n) is 17.7. The molecule has 164 valence electrons. The van der Waals surface area contributed by atoms with E-state index in [1.165, 1.54) is 24.1 Å². The summed E-state index contributed by atoms with van der Waals surface area (Å²) in [6.07, 6.45) is -0.459. The number of amides is 2. The van der Waals surface area contributed by atoms with Crippen LogP contribution in [0.4, 0.5) is 10.5 Å². The maximum atomic E-state index is 12.5. The van der Waals surface area contributed by atoms with E-state index < -0.39 is 27.6 Å². The van der Waals surface area contributed by atoms with Gasteiger partial charge in [-0.2, -0.15) is 0 Å². The van der Waals surface area contributed by atoms with Crippen molar-refractivity contribution < 1.29 is 27.2 Å². The van der Waals surface area contributed by atoms with Crippen molar-refractivity contribution in [2.75, 3.05) is 18.9 Å². The van der Waals surface area contributed by atoms with Gasteiger partial charge in [0.2, 0.25) is 5.09 Å². The Balaban J connectivity index is 2.19. The van der Waals surface area contributed by atoms with Crippen LogP contribution in [0.5, 0.6) is 0 Å². The van der Waals surface area contributed by atoms with Gasteiger partial charge in [0, 0.05) is 12.2 Å². The highest BCUT2D eigenvalue weighted by Gasteiger charge is 2.23. The molecule has 30 heavy (non-hydrogen) atoms. The lowest BCUT2D eigenvalue weighted by Gasteiger charge is -2.27. The third-order valence-electron chi connectivity index (χ3n) is 4.00. The molecular formula is C20H27N3O6S. The van der Waals surface area contributed by atoms with Gasteiger partial charge in [0.1, 0.15) is 5.60 Å². The van der Waals surface area contributed by atoms with E-state index in [1.807, 2.05) is 6.92 Å². The standard InChI is InChI=1S/C20H27N3O6S/c1-6-23(19(25)29-20(2,3)4)13-14-9-7-8-10-15(14)22-18(24)16-11-12-17(28-16)30(26,27)21-5/h7-12,21H,6,13H2,1-5H3,(H,22,24). The number of hydrogen-bond acceptors (Lipinski definition) is 6. The van der Waals surface area contributed by atoms with Gasteiger partial charge in [-0.3, -0.25) is 4.79 Å². The highest BCUT2D eigenvalue weighted by atomic mass is 32.2. The third-order valence-corrected chi connectivity index (χ3v) is 5.29. The van der Waals surface area contributed by atoms with Crippen LogP contribution >= 0.6 is 0 Å². The van der Waals surface area contributed by atoms with Gasteiger partial charge in [0.15, 0.2) is 5.76 Å². The number of rotatable bonds is 7. The van der Waals surface area contributed by atoms with Crippen molar-refractivity contribution in [2.45, 2.75) is 44.9 Å². The predicted molar refractivity (Wildman–Crippen MR) is 112 cm³/mol. The minimum atomic E-state index is -3.79. The number of hydrogen-bond donors (Lipinski definition) is 2. The molecule has 0 saturated carbocycles. The van der Waals surface area contributed by atoms with Crippen molar-refractivity contribution in [1.82, 2.24) is 9.62 Å². The van der Waals surface area contributed by atoms with E-state index in [2.05, 4.69) is 10.0 Å². The normalized spacial score (nSPS) is 11.8. The summed E-state index contributed by atoms with van der Waals surface area (Å²) in [5, 5.41) is 2.34. The van der Waals surface area contributed by atoms with E-state index in [0.717, 1.165) is 0 Å². The number of para-hydroxylation sites is 1. The van der Waals surface area contributed by atoms with Crippen molar-refractivity contribution in [2.24, 2.45) is 0 Å². The lowest BCUT2D eigenvalue weighted by atomic mass is 10.1. The van der Waals surface area contributed by atoms with E-state index in [-0.39, 0.29) is 17.4 Å². The molecule has 9 nitrogen and oxygen atoms in total. The van der Waals surface area contributed by atoms with Gasteiger partial charge in [0.05, 0.1) is 6.54 Å². The van der Waals surface area contributed by atoms with Gasteiger partial charge >= 0.3 is 6.09 Å². The first-order chi connectivity index (χ1) is 14.0. The Morgan fingerprint density at radius 1 is 1.13 bits per heavy atom. The van der Waals surface area contributed by atoms with Crippen molar-refractivity contribution in [3.05, 3.63) is 47.7 Å². The summed E-state index contributed by atoms with van der Waals surface area (Å²) in [4.78, 5) is 26.5. The van der Waals surface area contributed by atoms with Crippen molar-refractivity contribution >= 4 is 27.7 Å². The number of ether oxygens (including phenoxy) is 1. The van der Waals surface area contributed by atoms with Gasteiger partial charge in [-0.05, 0) is 58.5 Å². The molecule has 0 saturated heterocycles. The van der Waals surface area contributed by atoms with Gasteiger partial charge < -0.3 is 19.4 Å². The minimum Gasteiger partial charge on any atom is -0.444 e. The predicted octanol–water partition coefficient (Wildman–Crippen LogP) is 3.20. The monoisotopic (exact) mass is 437 g/mol. The second-order valence-electron chi connectivity index (χ2n) is 7.43. The van der Waals surface area contributed by atoms with Gasteiger partial charge in [-0.25, -0.2) is 17.9 Å². The number of anilines is 1. The number of carbonyl (C=O) groups excluding carboxylic acids is 2. The summed E-state index contributed by atoms with van der Waals surface area (Å²) >= 11 is 0. The Labute approximate surface area is 176 Å². The molecule has 2 N–H and O–H groups in total. The van der Waals surface area contributed by atoms with Crippen LogP contribution in [-0.4, -0.2) is 44.5 Å². The summed E-state index contributed by atoms with van der Waals surface area (Å²) in [6.45, 7) is 7.84. The van der Waals surface area contributed by atoms with Crippen molar-refractivity contribution in [1.29, 1.82) is 0 Å². The maximum Gasteiger partial charge on any atom is 0.410 e. The van der Waals surface area contributed by atoms with Crippen LogP contribution in [-0.2, 0) is 21.3 Å². The highest BCUT2D eigenvalue weighted by molar-refractivity contribution is 7.89. The second kappa shape index (κ2) is 9.31. The Hall–Kier alpha value is -2.85. The Morgan fingerprint density at radius 3 is 2.40 bits per heavy atom. The topological polar surface area (TPSA) is 118 Å². The maximum absolute atomic E-state index is 12.5. The lowest BCUT2D eigenvalue weighted by Crippen LogP contribution is -2.36. The average Bonchev–Trinajstić information content (AvgIpc) is 3.17. The second-order valence-corrected chi connectivity index (χ2v) is 9.25. The molecule has 0 fully saturated rings. The van der Waals surface area contributed by atoms with Crippen LogP contribution in [0.3, 0.4) is 0 Å². The number of nitrogens with one attached hydrogen (secondary N) is 2. The summed E-state index contributed by atoms with van der Waals surface area (Å²) in [7, 11) is -2.54. The SMILES string of the molecule is CCN(Cc1ccccc1NC(=O)c1ccc(S(=O)(=O)NC)o1)C(=O)OC(C)(C)C. The summed E-state index contributed by atoms with van der Waals surface area (Å²) in [5.74, 6) is -0.765. The lowest BCUT2D eigenvalue weighted by molar-refractivity contribution is 0.0245. The van der Waals surface area contributed by atoms with Crippen LogP contribution in [0.15, 0.2) is 45.9 Å². The highest BCUT2D eigenvalue weighted by Crippen LogP contribution is 2.21. The van der Waals surface area contributed by atoms with Crippen molar-refractivity contribution in [3.63, 3.8) is 0 Å². The molecule has 0 atom stereocenters. The van der Waals surface area contributed by atoms with Gasteiger partial charge in [-0.15, -0.1) is 0 Å². The summed E-state index contributed by atoms with van der Waals surface area (Å²) in [5.41, 5.74) is 0.537. The zero-order chi connectivity index (χ0) is 22.5. The molecule has 0 aliphatic carbocycles. The fraction of sp³-hybridized carbons (Fsp3) is 0.400. The first kappa shape index (κ1) is 23.4. The van der Waals surface area contributed by atoms with Gasteiger partial charge in [0.25, 0.3) is 15.9 Å². The van der Waals surface area contributed by atoms with Crippen LogP contribution in [0.2, 0.25) is 0 Å². The number of benzene rings is 1. The van der Waals surface area contributed by atoms with Crippen LogP contribution in [0, 0.1) is 0 Å². The average molecular weight is 438 g/mol. The molecule has 1 aromatic heterocycles. The molecule has 10 heteroatoms. The summed E-state index contributed by atoms with van der Waals surface area (Å²) < 4.78 is 36.3. The van der Waals surface area contributed by atoms with E-state index in [4.69, 9.17) is 9.15 Å². The smallest absolute Gasteiger partial charge is 0.410 e. The Morgan fingerprint density at radius 2 is 1.80 bits per heavy atom. The van der Waals surface area contributed by atoms with E-state index in [1.54, 1.807) is 45.0 Å². The molecule has 0 spiro atoms. The van der Waals surface area contributed by atoms with Crippen molar-refractivity contribution in [3.8, 4) is 0 Å². The van der Waals surface area contributed by atoms with E-state index in [0.29, 0.717) is 17.8 Å². The molecule has 0 unspecified atom stereocenters. The molecule has 2 aromatic rings. The van der Waals surface area contributed by atoms with Gasteiger partial charge in [-0.1, -0.05) is 18.2 Å². The third kappa shape index (κ3) is 6.07. The fourth-order valence-corrected chi connectivity index (χ4v) is 3.14. The fourth-order valence-electron chi connectivity index (χ4n) is 2.49. The molecule has 0 aliphatic rings. The minimum absolute atomic E-state index is 0.155. The zero-order valence-corrected chi connectivity index (χ0v) is 18.5.